The molecule has 0 aromatic rings. The zero-order valence-corrected chi connectivity index (χ0v) is 15.9. The normalized spacial score (nSPS) is 9.26. The molecule has 0 aromatic carbocycles. The minimum absolute atomic E-state index is 0. The summed E-state index contributed by atoms with van der Waals surface area (Å²) in [5.41, 5.74) is 0. The Labute approximate surface area is 148 Å². The molecule has 1 nitrogen and oxygen atoms in total. The molecule has 0 aliphatic carbocycles. The van der Waals surface area contributed by atoms with Crippen molar-refractivity contribution in [2.24, 2.45) is 5.92 Å². The van der Waals surface area contributed by atoms with E-state index >= 15 is 0 Å². The Morgan fingerprint density at radius 2 is 1.43 bits per heavy atom. The molecule has 0 amide bonds. The molecule has 0 rings (SSSR count). The molecule has 1 heteroatoms. The maximum atomic E-state index is 3.70. The van der Waals surface area contributed by atoms with Crippen LogP contribution in [0.1, 0.15) is 48.4 Å². The molecule has 134 valence electrons. The van der Waals surface area contributed by atoms with Crippen molar-refractivity contribution in [3.05, 3.63) is 87.8 Å². The Bertz CT molecular complexity index is 310. The summed E-state index contributed by atoms with van der Waals surface area (Å²) in [4.78, 5) is 0. The molecule has 0 aliphatic rings. The molecule has 0 fully saturated rings. The third-order valence-electron chi connectivity index (χ3n) is 2.48. The molecule has 23 heavy (non-hydrogen) atoms. The van der Waals surface area contributed by atoms with Crippen LogP contribution in [0.25, 0.3) is 0 Å². The van der Waals surface area contributed by atoms with Crippen LogP contribution in [0.2, 0.25) is 0 Å². The van der Waals surface area contributed by atoms with Crippen molar-refractivity contribution in [2.75, 3.05) is 0 Å². The fourth-order valence-electron chi connectivity index (χ4n) is 1.03. The number of hydrogen-bond donors (Lipinski definition) is 1. The Balaban J connectivity index is -0.0000000754. The summed E-state index contributed by atoms with van der Waals surface area (Å²) in [7, 11) is 0. The number of nitrogens with one attached hydrogen (secondary N) is 1. The second-order valence-electron chi connectivity index (χ2n) is 4.16. The van der Waals surface area contributed by atoms with Crippen molar-refractivity contribution in [3.63, 3.8) is 0 Å². The zero-order chi connectivity index (χ0) is 18.8. The Hall–Kier alpha value is -2.02. The first-order chi connectivity index (χ1) is 11.2. The minimum Gasteiger partial charge on any atom is -0.368 e. The van der Waals surface area contributed by atoms with Gasteiger partial charge in [-0.2, -0.15) is 0 Å². The molecule has 0 saturated heterocycles. The molecule has 0 spiro atoms. The van der Waals surface area contributed by atoms with Gasteiger partial charge >= 0.3 is 0 Å². The molecular formula is C22H41N. The second kappa shape index (κ2) is 36.8. The van der Waals surface area contributed by atoms with Gasteiger partial charge in [0, 0.05) is 7.63 Å². The van der Waals surface area contributed by atoms with Gasteiger partial charge in [-0.25, -0.2) is 0 Å². The summed E-state index contributed by atoms with van der Waals surface area (Å²) in [5, 5.41) is 2.95. The summed E-state index contributed by atoms with van der Waals surface area (Å²) >= 11 is 0. The van der Waals surface area contributed by atoms with Gasteiger partial charge in [0.25, 0.3) is 0 Å². The molecule has 1 N–H and O–H groups in total. The van der Waals surface area contributed by atoms with Crippen LogP contribution in [0.4, 0.5) is 0 Å². The lowest BCUT2D eigenvalue weighted by Crippen LogP contribution is -1.88. The number of rotatable bonds is 8. The van der Waals surface area contributed by atoms with Gasteiger partial charge in [-0.15, -0.1) is 26.3 Å². The quantitative estimate of drug-likeness (QED) is 0.358. The molecule has 0 unspecified atom stereocenters. The van der Waals surface area contributed by atoms with E-state index in [0.29, 0.717) is 0 Å². The van der Waals surface area contributed by atoms with Crippen LogP contribution in [0.15, 0.2) is 87.8 Å². The van der Waals surface area contributed by atoms with E-state index in [1.807, 2.05) is 55.8 Å². The monoisotopic (exact) mass is 319 g/mol. The Morgan fingerprint density at radius 1 is 0.913 bits per heavy atom. The summed E-state index contributed by atoms with van der Waals surface area (Å²) in [6, 6.07) is 0. The van der Waals surface area contributed by atoms with Gasteiger partial charge in [0.2, 0.25) is 0 Å². The first-order valence-electron chi connectivity index (χ1n) is 8.23. The molecule has 0 aromatic heterocycles. The van der Waals surface area contributed by atoms with Crippen molar-refractivity contribution >= 4 is 0 Å². The third kappa shape index (κ3) is 45.0. The minimum atomic E-state index is 0. The van der Waals surface area contributed by atoms with Gasteiger partial charge < -0.3 is 5.32 Å². The molecular weight excluding hydrogens is 278 g/mol. The van der Waals surface area contributed by atoms with Gasteiger partial charge in [0.1, 0.15) is 0 Å². The Kier molecular flexibility index (Phi) is 46.5. The van der Waals surface area contributed by atoms with Crippen molar-refractivity contribution in [1.29, 1.82) is 0 Å². The fourth-order valence-corrected chi connectivity index (χ4v) is 1.03. The van der Waals surface area contributed by atoms with Crippen molar-refractivity contribution in [1.82, 2.24) is 5.32 Å². The second-order valence-corrected chi connectivity index (χ2v) is 4.16. The zero-order valence-electron chi connectivity index (χ0n) is 15.9. The van der Waals surface area contributed by atoms with Gasteiger partial charge in [-0.05, 0) is 44.4 Å². The van der Waals surface area contributed by atoms with Crippen molar-refractivity contribution in [3.8, 4) is 0 Å². The highest BCUT2D eigenvalue weighted by Crippen LogP contribution is 2.06. The average Bonchev–Trinajstić information content (AvgIpc) is 2.62. The predicted octanol–water partition coefficient (Wildman–Crippen LogP) is 7.60. The first-order valence-corrected chi connectivity index (χ1v) is 8.23. The smallest absolute Gasteiger partial charge is 0.000429 e. The van der Waals surface area contributed by atoms with Crippen molar-refractivity contribution in [2.45, 2.75) is 47.0 Å². The van der Waals surface area contributed by atoms with Crippen LogP contribution in [0.3, 0.4) is 0 Å². The summed E-state index contributed by atoms with van der Waals surface area (Å²) in [6.07, 6.45) is 20.5. The third-order valence-corrected chi connectivity index (χ3v) is 2.48. The van der Waals surface area contributed by atoms with Gasteiger partial charge in [-0.3, -0.25) is 0 Å². The molecule has 0 saturated carbocycles. The van der Waals surface area contributed by atoms with Gasteiger partial charge in [0.15, 0.2) is 0 Å². The standard InChI is InChI=1S/C9H13N.C7H14.C4H8.C2H4.H2/c1-3-5-6-7-9-10-8-4-2;1-4-7(5-2)6-3;1-3-4-2;1-2;/h3-10H,1H2,2H3;4,7H,1,5-6H2,2-3H3;3H,1,4H2,2H3;1-2H2;1H/b6-5+,8-4+,9-7+;;;;. The SMILES string of the molecule is C=C.C=C/C=C/C=C/N/C=C/C.C=CC(CC)CC.C=CCC.[HH]. The van der Waals surface area contributed by atoms with E-state index in [1.54, 1.807) is 6.08 Å². The summed E-state index contributed by atoms with van der Waals surface area (Å²) < 4.78 is 0. The maximum absolute atomic E-state index is 3.70. The predicted molar refractivity (Wildman–Crippen MR) is 115 cm³/mol. The van der Waals surface area contributed by atoms with Crippen LogP contribution in [0.5, 0.6) is 0 Å². The lowest BCUT2D eigenvalue weighted by atomic mass is 10.0. The van der Waals surface area contributed by atoms with Crippen LogP contribution in [-0.2, 0) is 0 Å². The molecule has 0 bridgehead atoms. The maximum Gasteiger partial charge on any atom is 0.000429 e. The van der Waals surface area contributed by atoms with E-state index in [9.17, 15) is 0 Å². The molecule has 0 radical (unpaired) electrons. The lowest BCUT2D eigenvalue weighted by Gasteiger charge is -2.01. The summed E-state index contributed by atoms with van der Waals surface area (Å²) in [5.74, 6) is 0.750. The lowest BCUT2D eigenvalue weighted by molar-refractivity contribution is 0.607. The fraction of sp³-hybridized carbons (Fsp3) is 0.364. The highest BCUT2D eigenvalue weighted by molar-refractivity contribution is 5.08. The summed E-state index contributed by atoms with van der Waals surface area (Å²) in [6.45, 7) is 25.1. The molecule has 0 heterocycles. The van der Waals surface area contributed by atoms with E-state index < -0.39 is 0 Å². The van der Waals surface area contributed by atoms with Crippen molar-refractivity contribution < 1.29 is 1.43 Å². The van der Waals surface area contributed by atoms with Gasteiger partial charge in [-0.1, -0.05) is 63.8 Å². The first kappa shape index (κ1) is 29.0. The Morgan fingerprint density at radius 3 is 1.70 bits per heavy atom. The van der Waals surface area contributed by atoms with Crippen LogP contribution >= 0.6 is 0 Å². The highest BCUT2D eigenvalue weighted by atomic mass is 14.8. The van der Waals surface area contributed by atoms with Crippen LogP contribution < -0.4 is 5.32 Å². The number of hydrogen-bond acceptors (Lipinski definition) is 1. The van der Waals surface area contributed by atoms with Gasteiger partial charge in [0.05, 0.1) is 0 Å². The van der Waals surface area contributed by atoms with E-state index in [1.165, 1.54) is 12.8 Å². The largest absolute Gasteiger partial charge is 0.368 e. The van der Waals surface area contributed by atoms with Crippen LogP contribution in [-0.4, -0.2) is 0 Å². The van der Waals surface area contributed by atoms with E-state index in [0.717, 1.165) is 12.3 Å². The molecule has 0 atom stereocenters. The number of allylic oxidation sites excluding steroid dienone is 7. The van der Waals surface area contributed by atoms with E-state index in [4.69, 9.17) is 0 Å². The van der Waals surface area contributed by atoms with E-state index in [2.05, 4.69) is 59.0 Å². The highest BCUT2D eigenvalue weighted by Gasteiger charge is 1.92. The van der Waals surface area contributed by atoms with E-state index in [-0.39, 0.29) is 1.43 Å². The molecule has 0 aliphatic heterocycles. The topological polar surface area (TPSA) is 12.0 Å². The van der Waals surface area contributed by atoms with Crippen LogP contribution in [0, 0.1) is 5.92 Å². The average molecular weight is 320 g/mol.